The fourth-order valence-corrected chi connectivity index (χ4v) is 1.84. The van der Waals surface area contributed by atoms with Crippen LogP contribution in [0.1, 0.15) is 39.5 Å². The summed E-state index contributed by atoms with van der Waals surface area (Å²) in [6.07, 6.45) is 3.87. The Morgan fingerprint density at radius 2 is 1.82 bits per heavy atom. The van der Waals surface area contributed by atoms with Gasteiger partial charge in [-0.3, -0.25) is 0 Å². The highest BCUT2D eigenvalue weighted by Gasteiger charge is 2.46. The van der Waals surface area contributed by atoms with Gasteiger partial charge in [-0.15, -0.1) is 0 Å². The minimum Gasteiger partial charge on any atom is -0.389 e. The zero-order valence-electron chi connectivity index (χ0n) is 7.22. The van der Waals surface area contributed by atoms with Crippen LogP contribution in [0.2, 0.25) is 0 Å². The van der Waals surface area contributed by atoms with E-state index in [0.29, 0.717) is 0 Å². The number of aliphatic hydroxyl groups is 1. The highest BCUT2D eigenvalue weighted by Crippen LogP contribution is 2.45. The van der Waals surface area contributed by atoms with E-state index in [-0.39, 0.29) is 0 Å². The predicted octanol–water partition coefficient (Wildman–Crippen LogP) is 1.84. The number of hydrogen-bond donors (Lipinski definition) is 1. The van der Waals surface area contributed by atoms with Gasteiger partial charge >= 0.3 is 0 Å². The second-order valence-corrected chi connectivity index (χ2v) is 3.96. The van der Waals surface area contributed by atoms with Crippen molar-refractivity contribution in [2.75, 3.05) is 0 Å². The van der Waals surface area contributed by atoms with Crippen molar-refractivity contribution in [3.8, 4) is 6.07 Å². The van der Waals surface area contributed by atoms with Gasteiger partial charge in [-0.05, 0) is 26.7 Å². The number of rotatable bonds is 1. The van der Waals surface area contributed by atoms with Crippen molar-refractivity contribution in [3.05, 3.63) is 0 Å². The molecule has 0 aromatic rings. The Labute approximate surface area is 67.8 Å². The van der Waals surface area contributed by atoms with Crippen molar-refractivity contribution < 1.29 is 5.11 Å². The zero-order chi connectivity index (χ0) is 8.54. The maximum absolute atomic E-state index is 9.75. The highest BCUT2D eigenvalue weighted by atomic mass is 16.3. The van der Waals surface area contributed by atoms with E-state index in [1.807, 2.05) is 0 Å². The smallest absolute Gasteiger partial charge is 0.0854 e. The standard InChI is InChI=1S/C9H15NO/c1-8(2,11)9(7-10)5-3-4-6-9/h11H,3-6H2,1-2H3. The molecule has 0 aliphatic heterocycles. The van der Waals surface area contributed by atoms with Gasteiger partial charge in [0.1, 0.15) is 0 Å². The highest BCUT2D eigenvalue weighted by molar-refractivity contribution is 5.10. The van der Waals surface area contributed by atoms with E-state index in [1.54, 1.807) is 13.8 Å². The molecule has 0 aromatic carbocycles. The molecule has 2 heteroatoms. The first-order valence-electron chi connectivity index (χ1n) is 4.15. The minimum absolute atomic E-state index is 0.465. The van der Waals surface area contributed by atoms with Gasteiger partial charge in [0.2, 0.25) is 0 Å². The van der Waals surface area contributed by atoms with E-state index in [1.165, 1.54) is 0 Å². The van der Waals surface area contributed by atoms with Gasteiger partial charge in [-0.25, -0.2) is 0 Å². The topological polar surface area (TPSA) is 44.0 Å². The molecule has 0 unspecified atom stereocenters. The molecule has 1 fully saturated rings. The monoisotopic (exact) mass is 153 g/mol. The Balaban J connectivity index is 2.86. The molecule has 2 nitrogen and oxygen atoms in total. The molecule has 0 radical (unpaired) electrons. The van der Waals surface area contributed by atoms with E-state index < -0.39 is 11.0 Å². The van der Waals surface area contributed by atoms with E-state index in [0.717, 1.165) is 25.7 Å². The lowest BCUT2D eigenvalue weighted by atomic mass is 9.74. The van der Waals surface area contributed by atoms with Crippen LogP contribution >= 0.6 is 0 Å². The largest absolute Gasteiger partial charge is 0.389 e. The molecular formula is C9H15NO. The third-order valence-corrected chi connectivity index (χ3v) is 2.84. The first-order valence-corrected chi connectivity index (χ1v) is 4.15. The molecule has 0 bridgehead atoms. The molecule has 0 spiro atoms. The van der Waals surface area contributed by atoms with Gasteiger partial charge in [-0.1, -0.05) is 12.8 Å². The van der Waals surface area contributed by atoms with Crippen LogP contribution in [-0.4, -0.2) is 10.7 Å². The quantitative estimate of drug-likeness (QED) is 0.624. The van der Waals surface area contributed by atoms with Crippen molar-refractivity contribution in [2.45, 2.75) is 45.1 Å². The summed E-state index contributed by atoms with van der Waals surface area (Å²) < 4.78 is 0. The van der Waals surface area contributed by atoms with Gasteiger partial charge in [0.15, 0.2) is 0 Å². The molecule has 1 aliphatic rings. The van der Waals surface area contributed by atoms with Crippen LogP contribution in [0.3, 0.4) is 0 Å². The third kappa shape index (κ3) is 1.25. The Morgan fingerprint density at radius 1 is 1.36 bits per heavy atom. The second-order valence-electron chi connectivity index (χ2n) is 3.96. The maximum Gasteiger partial charge on any atom is 0.0854 e. The van der Waals surface area contributed by atoms with Crippen LogP contribution < -0.4 is 0 Å². The van der Waals surface area contributed by atoms with E-state index in [9.17, 15) is 5.11 Å². The molecule has 0 atom stereocenters. The fourth-order valence-electron chi connectivity index (χ4n) is 1.84. The van der Waals surface area contributed by atoms with Crippen LogP contribution in [-0.2, 0) is 0 Å². The normalized spacial score (nSPS) is 23.1. The van der Waals surface area contributed by atoms with E-state index in [4.69, 9.17) is 5.26 Å². The van der Waals surface area contributed by atoms with E-state index >= 15 is 0 Å². The summed E-state index contributed by atoms with van der Waals surface area (Å²) in [7, 11) is 0. The van der Waals surface area contributed by atoms with Crippen LogP contribution in [0.5, 0.6) is 0 Å². The second kappa shape index (κ2) is 2.49. The third-order valence-electron chi connectivity index (χ3n) is 2.84. The summed E-state index contributed by atoms with van der Waals surface area (Å²) in [6, 6.07) is 2.27. The van der Waals surface area contributed by atoms with Crippen molar-refractivity contribution in [2.24, 2.45) is 5.41 Å². The molecule has 0 heterocycles. The SMILES string of the molecule is CC(C)(O)C1(C#N)CCCC1. The summed E-state index contributed by atoms with van der Waals surface area (Å²) >= 11 is 0. The van der Waals surface area contributed by atoms with Crippen molar-refractivity contribution in [3.63, 3.8) is 0 Å². The Morgan fingerprint density at radius 3 is 2.00 bits per heavy atom. The molecule has 0 saturated heterocycles. The summed E-state index contributed by atoms with van der Waals surface area (Å²) in [4.78, 5) is 0. The molecule has 0 aromatic heterocycles. The van der Waals surface area contributed by atoms with Crippen LogP contribution in [0.15, 0.2) is 0 Å². The zero-order valence-corrected chi connectivity index (χ0v) is 7.22. The molecule has 1 rings (SSSR count). The number of hydrogen-bond acceptors (Lipinski definition) is 2. The van der Waals surface area contributed by atoms with Crippen LogP contribution in [0.25, 0.3) is 0 Å². The van der Waals surface area contributed by atoms with Crippen molar-refractivity contribution in [1.29, 1.82) is 5.26 Å². The summed E-state index contributed by atoms with van der Waals surface area (Å²) in [5, 5.41) is 18.7. The first kappa shape index (κ1) is 8.55. The van der Waals surface area contributed by atoms with Gasteiger partial charge in [0.25, 0.3) is 0 Å². The molecule has 1 saturated carbocycles. The maximum atomic E-state index is 9.75. The minimum atomic E-state index is -0.835. The number of nitrogens with zero attached hydrogens (tertiary/aromatic N) is 1. The average molecular weight is 153 g/mol. The molecule has 0 amide bonds. The van der Waals surface area contributed by atoms with Gasteiger partial charge in [0, 0.05) is 0 Å². The van der Waals surface area contributed by atoms with Crippen molar-refractivity contribution >= 4 is 0 Å². The van der Waals surface area contributed by atoms with E-state index in [2.05, 4.69) is 6.07 Å². The molecule has 62 valence electrons. The van der Waals surface area contributed by atoms with Crippen LogP contribution in [0, 0.1) is 16.7 Å². The molecule has 11 heavy (non-hydrogen) atoms. The lowest BCUT2D eigenvalue weighted by molar-refractivity contribution is -0.0191. The first-order chi connectivity index (χ1) is 5.02. The van der Waals surface area contributed by atoms with Gasteiger partial charge in [0.05, 0.1) is 17.1 Å². The average Bonchev–Trinajstić information content (AvgIpc) is 2.33. The summed E-state index contributed by atoms with van der Waals surface area (Å²) in [6.45, 7) is 3.48. The summed E-state index contributed by atoms with van der Waals surface area (Å²) in [5.41, 5.74) is -1.30. The Hall–Kier alpha value is -0.550. The lowest BCUT2D eigenvalue weighted by Crippen LogP contribution is -2.40. The molecular weight excluding hydrogens is 138 g/mol. The predicted molar refractivity (Wildman–Crippen MR) is 42.8 cm³/mol. The lowest BCUT2D eigenvalue weighted by Gasteiger charge is -2.33. The summed E-state index contributed by atoms with van der Waals surface area (Å²) in [5.74, 6) is 0. The Bertz CT molecular complexity index is 179. The van der Waals surface area contributed by atoms with Gasteiger partial charge in [-0.2, -0.15) is 5.26 Å². The van der Waals surface area contributed by atoms with Crippen LogP contribution in [0.4, 0.5) is 0 Å². The molecule has 1 aliphatic carbocycles. The van der Waals surface area contributed by atoms with Gasteiger partial charge < -0.3 is 5.11 Å². The number of nitriles is 1. The molecule has 1 N–H and O–H groups in total. The van der Waals surface area contributed by atoms with Crippen molar-refractivity contribution in [1.82, 2.24) is 0 Å². The fraction of sp³-hybridized carbons (Fsp3) is 0.889. The Kier molecular flexibility index (Phi) is 1.94.